The van der Waals surface area contributed by atoms with Gasteiger partial charge in [0.05, 0.1) is 0 Å². The lowest BCUT2D eigenvalue weighted by Gasteiger charge is -2.33. The van der Waals surface area contributed by atoms with E-state index in [0.717, 1.165) is 25.2 Å². The van der Waals surface area contributed by atoms with Gasteiger partial charge in [0, 0.05) is 41.2 Å². The Morgan fingerprint density at radius 1 is 1.20 bits per heavy atom. The van der Waals surface area contributed by atoms with E-state index in [1.807, 2.05) is 38.0 Å². The van der Waals surface area contributed by atoms with Gasteiger partial charge in [-0.25, -0.2) is 4.39 Å². The largest absolute Gasteiger partial charge is 0.349 e. The van der Waals surface area contributed by atoms with Crippen LogP contribution in [0.1, 0.15) is 25.7 Å². The molecule has 3 nitrogen and oxygen atoms in total. The summed E-state index contributed by atoms with van der Waals surface area (Å²) >= 11 is 0. The highest BCUT2D eigenvalue weighted by Crippen LogP contribution is 2.38. The normalized spacial score (nSPS) is 17.9. The summed E-state index contributed by atoms with van der Waals surface area (Å²) in [4.78, 5) is 8.32. The second-order valence-corrected chi connectivity index (χ2v) is 4.73. The summed E-state index contributed by atoms with van der Waals surface area (Å²) in [7, 11) is 7.81. The van der Waals surface area contributed by atoms with Crippen molar-refractivity contribution in [2.45, 2.75) is 31.4 Å². The molecule has 0 aromatic carbocycles. The van der Waals surface area contributed by atoms with E-state index in [9.17, 15) is 4.39 Å². The van der Waals surface area contributed by atoms with Crippen LogP contribution in [0, 0.1) is 0 Å². The first-order valence-corrected chi connectivity index (χ1v) is 5.53. The molecule has 0 spiro atoms. The Morgan fingerprint density at radius 3 is 2.07 bits per heavy atom. The van der Waals surface area contributed by atoms with Crippen molar-refractivity contribution in [3.63, 3.8) is 0 Å². The first kappa shape index (κ1) is 12.3. The van der Waals surface area contributed by atoms with E-state index in [4.69, 9.17) is 0 Å². The number of hydrogen-bond acceptors (Lipinski definition) is 1. The van der Waals surface area contributed by atoms with Crippen molar-refractivity contribution in [3.05, 3.63) is 0 Å². The summed E-state index contributed by atoms with van der Waals surface area (Å²) in [6, 6.07) is 0. The number of nitrogens with zero attached hydrogens (tertiary/aromatic N) is 3. The average molecular weight is 215 g/mol. The first-order chi connectivity index (χ1) is 6.94. The molecule has 0 heterocycles. The number of hydrogen-bond donors (Lipinski definition) is 0. The van der Waals surface area contributed by atoms with E-state index < -0.39 is 5.67 Å². The maximum absolute atomic E-state index is 13.7. The van der Waals surface area contributed by atoms with Crippen molar-refractivity contribution in [3.8, 4) is 0 Å². The van der Waals surface area contributed by atoms with Crippen LogP contribution >= 0.6 is 0 Å². The Morgan fingerprint density at radius 2 is 1.73 bits per heavy atom. The number of rotatable bonds is 3. The minimum atomic E-state index is -0.909. The first-order valence-electron chi connectivity index (χ1n) is 5.53. The van der Waals surface area contributed by atoms with Gasteiger partial charge in [-0.2, -0.15) is 0 Å². The molecule has 0 N–H and O–H groups in total. The van der Waals surface area contributed by atoms with Gasteiger partial charge in [0.1, 0.15) is 5.67 Å². The number of guanidine groups is 1. The number of halogens is 1. The molecule has 0 radical (unpaired) electrons. The number of aliphatic imine (C=N–C) groups is 1. The molecule has 0 unspecified atom stereocenters. The molecule has 4 heteroatoms. The summed E-state index contributed by atoms with van der Waals surface area (Å²) in [5.41, 5.74) is -0.909. The van der Waals surface area contributed by atoms with Crippen LogP contribution in [0.3, 0.4) is 0 Å². The van der Waals surface area contributed by atoms with E-state index in [1.165, 1.54) is 0 Å². The van der Waals surface area contributed by atoms with Crippen molar-refractivity contribution in [2.75, 3.05) is 34.7 Å². The molecule has 0 bridgehead atoms. The second kappa shape index (κ2) is 4.81. The minimum absolute atomic E-state index is 0.568. The lowest BCUT2D eigenvalue weighted by Crippen LogP contribution is -2.36. The Hall–Kier alpha value is -0.800. The molecule has 0 amide bonds. The lowest BCUT2D eigenvalue weighted by molar-refractivity contribution is 0.0567. The van der Waals surface area contributed by atoms with Gasteiger partial charge >= 0.3 is 0 Å². The summed E-state index contributed by atoms with van der Waals surface area (Å²) in [6.07, 6.45) is 3.05. The van der Waals surface area contributed by atoms with Crippen molar-refractivity contribution < 1.29 is 4.39 Å². The third-order valence-electron chi connectivity index (χ3n) is 2.86. The van der Waals surface area contributed by atoms with Gasteiger partial charge in [-0.05, 0) is 19.3 Å². The van der Waals surface area contributed by atoms with Crippen LogP contribution < -0.4 is 0 Å². The topological polar surface area (TPSA) is 18.8 Å². The molecule has 0 aliphatic heterocycles. The summed E-state index contributed by atoms with van der Waals surface area (Å²) in [5.74, 6) is 0.901. The van der Waals surface area contributed by atoms with Crippen LogP contribution in [0.25, 0.3) is 0 Å². The molecule has 0 aromatic rings. The highest BCUT2D eigenvalue weighted by Gasteiger charge is 2.36. The summed E-state index contributed by atoms with van der Waals surface area (Å²) < 4.78 is 13.7. The summed E-state index contributed by atoms with van der Waals surface area (Å²) in [6.45, 7) is 0.586. The second-order valence-electron chi connectivity index (χ2n) is 4.73. The predicted molar refractivity (Wildman–Crippen MR) is 62.0 cm³/mol. The van der Waals surface area contributed by atoms with Crippen LogP contribution in [0.4, 0.5) is 4.39 Å². The monoisotopic (exact) mass is 215 g/mol. The minimum Gasteiger partial charge on any atom is -0.349 e. The third-order valence-corrected chi connectivity index (χ3v) is 2.86. The average Bonchev–Trinajstić information content (AvgIpc) is 2.08. The van der Waals surface area contributed by atoms with E-state index in [2.05, 4.69) is 4.99 Å². The SMILES string of the molecule is CN(C)C(=NCCC1(F)CCC1)N(C)C. The van der Waals surface area contributed by atoms with Crippen molar-refractivity contribution in [2.24, 2.45) is 4.99 Å². The molecule has 0 saturated heterocycles. The fraction of sp³-hybridized carbons (Fsp3) is 0.909. The molecule has 1 rings (SSSR count). The van der Waals surface area contributed by atoms with Gasteiger partial charge in [0.2, 0.25) is 0 Å². The van der Waals surface area contributed by atoms with Crippen LogP contribution in [0.15, 0.2) is 4.99 Å². The fourth-order valence-electron chi connectivity index (χ4n) is 1.85. The molecular formula is C11H22FN3. The quantitative estimate of drug-likeness (QED) is 0.527. The van der Waals surface area contributed by atoms with Crippen molar-refractivity contribution in [1.82, 2.24) is 9.80 Å². The maximum atomic E-state index is 13.7. The van der Waals surface area contributed by atoms with Gasteiger partial charge in [-0.1, -0.05) is 0 Å². The molecular weight excluding hydrogens is 193 g/mol. The molecule has 1 saturated carbocycles. The standard InChI is InChI=1S/C11H22FN3/c1-14(2)10(15(3)4)13-9-8-11(12)6-5-7-11/h5-9H2,1-4H3. The van der Waals surface area contributed by atoms with Gasteiger partial charge < -0.3 is 9.80 Å². The Kier molecular flexibility index (Phi) is 3.94. The molecule has 1 aliphatic carbocycles. The van der Waals surface area contributed by atoms with Crippen LogP contribution in [0.2, 0.25) is 0 Å². The Labute approximate surface area is 92.0 Å². The summed E-state index contributed by atoms with van der Waals surface area (Å²) in [5, 5.41) is 0. The van der Waals surface area contributed by atoms with Gasteiger partial charge in [0.25, 0.3) is 0 Å². The fourth-order valence-corrected chi connectivity index (χ4v) is 1.85. The van der Waals surface area contributed by atoms with Crippen LogP contribution in [-0.4, -0.2) is 56.2 Å². The molecule has 1 fully saturated rings. The van der Waals surface area contributed by atoms with Crippen molar-refractivity contribution in [1.29, 1.82) is 0 Å². The predicted octanol–water partition coefficient (Wildman–Crippen LogP) is 1.75. The van der Waals surface area contributed by atoms with Gasteiger partial charge in [-0.3, -0.25) is 4.99 Å². The Balaban J connectivity index is 2.40. The molecule has 15 heavy (non-hydrogen) atoms. The smallest absolute Gasteiger partial charge is 0.195 e. The van der Waals surface area contributed by atoms with Gasteiger partial charge in [-0.15, -0.1) is 0 Å². The van der Waals surface area contributed by atoms with Crippen molar-refractivity contribution >= 4 is 5.96 Å². The lowest BCUT2D eigenvalue weighted by atomic mass is 9.80. The zero-order chi connectivity index (χ0) is 11.5. The maximum Gasteiger partial charge on any atom is 0.195 e. The van der Waals surface area contributed by atoms with E-state index in [1.54, 1.807) is 0 Å². The zero-order valence-electron chi connectivity index (χ0n) is 10.3. The highest BCUT2D eigenvalue weighted by atomic mass is 19.1. The highest BCUT2D eigenvalue weighted by molar-refractivity contribution is 5.79. The molecule has 0 atom stereocenters. The van der Waals surface area contributed by atoms with Gasteiger partial charge in [0.15, 0.2) is 5.96 Å². The van der Waals surface area contributed by atoms with E-state index >= 15 is 0 Å². The van der Waals surface area contributed by atoms with E-state index in [0.29, 0.717) is 13.0 Å². The van der Waals surface area contributed by atoms with Crippen LogP contribution in [0.5, 0.6) is 0 Å². The molecule has 88 valence electrons. The van der Waals surface area contributed by atoms with E-state index in [-0.39, 0.29) is 0 Å². The number of alkyl halides is 1. The van der Waals surface area contributed by atoms with Crippen LogP contribution in [-0.2, 0) is 0 Å². The third kappa shape index (κ3) is 3.36. The molecule has 0 aromatic heterocycles. The zero-order valence-corrected chi connectivity index (χ0v) is 10.3. The molecule has 1 aliphatic rings. The Bertz CT molecular complexity index is 222.